The van der Waals surface area contributed by atoms with Crippen LogP contribution in [-0.4, -0.2) is 63.7 Å². The van der Waals surface area contributed by atoms with Crippen molar-refractivity contribution in [1.82, 2.24) is 4.90 Å². The predicted molar refractivity (Wildman–Crippen MR) is 134 cm³/mol. The van der Waals surface area contributed by atoms with Crippen LogP contribution < -0.4 is 23.3 Å². The van der Waals surface area contributed by atoms with Gasteiger partial charge in [-0.3, -0.25) is 19.2 Å². The van der Waals surface area contributed by atoms with Gasteiger partial charge in [-0.2, -0.15) is 11.8 Å². The van der Waals surface area contributed by atoms with E-state index in [0.717, 1.165) is 11.1 Å². The zero-order valence-electron chi connectivity index (χ0n) is 21.2. The maximum Gasteiger partial charge on any atom is 0.324 e. The number of nitrogens with zero attached hydrogens (tertiary/aromatic N) is 1. The summed E-state index contributed by atoms with van der Waals surface area (Å²) in [6, 6.07) is -1.92. The smallest absolute Gasteiger partial charge is 0.324 e. The minimum absolute atomic E-state index is 0.0548. The largest absolute Gasteiger partial charge is 0.480 e. The first-order valence-electron chi connectivity index (χ1n) is 12.5. The Morgan fingerprint density at radius 2 is 1.38 bits per heavy atom. The van der Waals surface area contributed by atoms with Gasteiger partial charge in [-0.05, 0) is 75.4 Å². The Kier molecular flexibility index (Phi) is 15.1. The molecule has 0 bridgehead atoms. The molecule has 13 heteroatoms. The number of carboxylic acid groups (broad SMARTS) is 2. The number of carbonyl (C=O) groups is 4. The molecule has 10 N–H and O–H groups in total. The second kappa shape index (κ2) is 17.5. The third-order valence-electron chi connectivity index (χ3n) is 6.29. The van der Waals surface area contributed by atoms with E-state index in [1.54, 1.807) is 0 Å². The molecule has 0 spiro atoms. The van der Waals surface area contributed by atoms with Gasteiger partial charge in [0.2, 0.25) is 0 Å². The molecule has 1 heterocycles. The van der Waals surface area contributed by atoms with Crippen LogP contribution in [0.15, 0.2) is 23.4 Å². The molecular weight excluding hydrogens is 486 g/mol. The fourth-order valence-corrected chi connectivity index (χ4v) is 4.26. The van der Waals surface area contributed by atoms with Gasteiger partial charge < -0.3 is 36.3 Å². The summed E-state index contributed by atoms with van der Waals surface area (Å²) in [5.41, 5.74) is 13.4. The topological polar surface area (TPSA) is 235 Å². The second-order valence-electron chi connectivity index (χ2n) is 9.18. The van der Waals surface area contributed by atoms with Gasteiger partial charge in [-0.25, -0.2) is 0 Å². The lowest BCUT2D eigenvalue weighted by molar-refractivity contribution is -0.145. The SMILES string of the molecule is NOC(=O)CCCC1=CN(CCCC[C@H](N)C(=O)O)C(CCC[C@H](N)C(=O)O)C(CCCC(=O)ON)=C1. The highest BCUT2D eigenvalue weighted by atomic mass is 16.7. The monoisotopic (exact) mass is 527 g/mol. The molecule has 0 aromatic carbocycles. The standard InChI is InChI=1S/C24H41N5O8/c25-18(23(32)33)8-1-2-13-29-15-16(6-3-11-21(30)36-27)14-17(7-4-12-22(31)37-28)20(29)10-5-9-19(26)24(34)35/h14-15,18-20H,1-13,25-28H2,(H,32,33)(H,34,35)/t18-,19-,20?/m0/s1. The summed E-state index contributed by atoms with van der Waals surface area (Å²) in [4.78, 5) is 55.7. The van der Waals surface area contributed by atoms with E-state index in [2.05, 4.69) is 20.7 Å². The lowest BCUT2D eigenvalue weighted by Gasteiger charge is -2.37. The Labute approximate surface area is 216 Å². The summed E-state index contributed by atoms with van der Waals surface area (Å²) in [5.74, 6) is 6.76. The van der Waals surface area contributed by atoms with Gasteiger partial charge >= 0.3 is 23.9 Å². The van der Waals surface area contributed by atoms with Crippen LogP contribution in [0.25, 0.3) is 0 Å². The van der Waals surface area contributed by atoms with Gasteiger partial charge in [0.1, 0.15) is 12.1 Å². The van der Waals surface area contributed by atoms with E-state index in [0.29, 0.717) is 70.8 Å². The quantitative estimate of drug-likeness (QED) is 0.101. The number of aliphatic carboxylic acids is 2. The summed E-state index contributed by atoms with van der Waals surface area (Å²) in [6.45, 7) is 0.624. The predicted octanol–water partition coefficient (Wildman–Crippen LogP) is 0.820. The molecular formula is C24H41N5O8. The van der Waals surface area contributed by atoms with Crippen molar-refractivity contribution in [2.75, 3.05) is 6.54 Å². The first kappa shape index (κ1) is 32.0. The molecule has 1 aliphatic heterocycles. The van der Waals surface area contributed by atoms with Crippen molar-refractivity contribution < 1.29 is 39.1 Å². The number of rotatable bonds is 19. The lowest BCUT2D eigenvalue weighted by Crippen LogP contribution is -2.37. The van der Waals surface area contributed by atoms with Crippen molar-refractivity contribution in [2.45, 2.75) is 95.2 Å². The van der Waals surface area contributed by atoms with Gasteiger partial charge in [0.25, 0.3) is 0 Å². The number of carbonyl (C=O) groups excluding carboxylic acids is 2. The highest BCUT2D eigenvalue weighted by molar-refractivity contribution is 5.73. The van der Waals surface area contributed by atoms with E-state index >= 15 is 0 Å². The number of allylic oxidation sites excluding steroid dienone is 2. The van der Waals surface area contributed by atoms with E-state index in [4.69, 9.17) is 33.5 Å². The average Bonchev–Trinajstić information content (AvgIpc) is 2.86. The molecule has 0 radical (unpaired) electrons. The molecule has 0 aromatic rings. The number of hydrogen-bond acceptors (Lipinski definition) is 11. The lowest BCUT2D eigenvalue weighted by atomic mass is 9.89. The van der Waals surface area contributed by atoms with Crippen LogP contribution in [-0.2, 0) is 28.9 Å². The van der Waals surface area contributed by atoms with Crippen molar-refractivity contribution in [3.8, 4) is 0 Å². The van der Waals surface area contributed by atoms with Gasteiger partial charge in [0, 0.05) is 31.6 Å². The molecule has 13 nitrogen and oxygen atoms in total. The molecule has 0 saturated heterocycles. The Morgan fingerprint density at radius 3 is 1.92 bits per heavy atom. The highest BCUT2D eigenvalue weighted by Gasteiger charge is 2.25. The summed E-state index contributed by atoms with van der Waals surface area (Å²) >= 11 is 0. The van der Waals surface area contributed by atoms with Crippen LogP contribution >= 0.6 is 0 Å². The Balaban J connectivity index is 3.01. The molecule has 37 heavy (non-hydrogen) atoms. The normalized spacial score (nSPS) is 16.9. The maximum atomic E-state index is 11.5. The van der Waals surface area contributed by atoms with E-state index in [-0.39, 0.29) is 18.9 Å². The van der Waals surface area contributed by atoms with Crippen LogP contribution in [0.2, 0.25) is 0 Å². The molecule has 0 aromatic heterocycles. The van der Waals surface area contributed by atoms with Crippen LogP contribution in [0.5, 0.6) is 0 Å². The summed E-state index contributed by atoms with van der Waals surface area (Å²) in [6.07, 6.45) is 9.83. The van der Waals surface area contributed by atoms with Crippen molar-refractivity contribution >= 4 is 23.9 Å². The van der Waals surface area contributed by atoms with Gasteiger partial charge in [-0.1, -0.05) is 6.08 Å². The Hall–Kier alpha value is -3.00. The first-order chi connectivity index (χ1) is 17.6. The minimum atomic E-state index is -1.05. The Bertz CT molecular complexity index is 832. The van der Waals surface area contributed by atoms with Gasteiger partial charge in [0.05, 0.1) is 0 Å². The number of nitrogens with two attached hydrogens (primary N) is 4. The molecule has 0 saturated carbocycles. The average molecular weight is 528 g/mol. The van der Waals surface area contributed by atoms with Gasteiger partial charge in [-0.15, -0.1) is 0 Å². The van der Waals surface area contributed by atoms with Crippen LogP contribution in [0.3, 0.4) is 0 Å². The van der Waals surface area contributed by atoms with Crippen LogP contribution in [0.4, 0.5) is 0 Å². The van der Waals surface area contributed by atoms with Crippen LogP contribution in [0, 0.1) is 0 Å². The second-order valence-corrected chi connectivity index (χ2v) is 9.18. The fraction of sp³-hybridized carbons (Fsp3) is 0.667. The maximum absolute atomic E-state index is 11.5. The molecule has 3 atom stereocenters. The molecule has 1 unspecified atom stereocenters. The number of hydrogen-bond donors (Lipinski definition) is 6. The molecule has 1 rings (SSSR count). The zero-order valence-corrected chi connectivity index (χ0v) is 21.2. The molecule has 0 aliphatic carbocycles. The third kappa shape index (κ3) is 12.7. The molecule has 0 fully saturated rings. The molecule has 1 aliphatic rings. The van der Waals surface area contributed by atoms with E-state index < -0.39 is 36.0 Å². The van der Waals surface area contributed by atoms with Crippen LogP contribution in [0.1, 0.15) is 77.0 Å². The molecule has 210 valence electrons. The zero-order chi connectivity index (χ0) is 27.8. The van der Waals surface area contributed by atoms with Crippen molar-refractivity contribution in [3.05, 3.63) is 23.4 Å². The summed E-state index contributed by atoms with van der Waals surface area (Å²) in [5, 5.41) is 18.1. The van der Waals surface area contributed by atoms with Gasteiger partial charge in [0.15, 0.2) is 0 Å². The van der Waals surface area contributed by atoms with E-state index in [1.807, 2.05) is 6.20 Å². The number of unbranched alkanes of at least 4 members (excludes halogenated alkanes) is 1. The third-order valence-corrected chi connectivity index (χ3v) is 6.29. The van der Waals surface area contributed by atoms with Crippen molar-refractivity contribution in [2.24, 2.45) is 23.3 Å². The Morgan fingerprint density at radius 1 is 0.838 bits per heavy atom. The highest BCUT2D eigenvalue weighted by Crippen LogP contribution is 2.31. The molecule has 0 amide bonds. The van der Waals surface area contributed by atoms with E-state index in [1.165, 1.54) is 0 Å². The van der Waals surface area contributed by atoms with E-state index in [9.17, 15) is 19.2 Å². The fourth-order valence-electron chi connectivity index (χ4n) is 4.26. The van der Waals surface area contributed by atoms with Crippen molar-refractivity contribution in [3.63, 3.8) is 0 Å². The minimum Gasteiger partial charge on any atom is -0.480 e. The summed E-state index contributed by atoms with van der Waals surface area (Å²) < 4.78 is 0. The van der Waals surface area contributed by atoms with Crippen molar-refractivity contribution in [1.29, 1.82) is 0 Å². The number of carboxylic acids is 2. The first-order valence-corrected chi connectivity index (χ1v) is 12.5. The summed E-state index contributed by atoms with van der Waals surface area (Å²) in [7, 11) is 0.